The van der Waals surface area contributed by atoms with Gasteiger partial charge in [-0.1, -0.05) is 0 Å². The fourth-order valence-electron chi connectivity index (χ4n) is 1.70. The standard InChI is InChI=1S/C14H15N3O4/c1-3-20-14(19)9(2)21-10-4-5-11(13(18)8-10)12-6-7-15-17-16-12/h4-9,18H,3H2,1-2H3. The van der Waals surface area contributed by atoms with Gasteiger partial charge in [0.25, 0.3) is 0 Å². The van der Waals surface area contributed by atoms with Crippen LogP contribution < -0.4 is 4.74 Å². The molecule has 0 aliphatic carbocycles. The van der Waals surface area contributed by atoms with Crippen molar-refractivity contribution < 1.29 is 19.4 Å². The Morgan fingerprint density at radius 3 is 2.81 bits per heavy atom. The van der Waals surface area contributed by atoms with Crippen molar-refractivity contribution in [2.24, 2.45) is 0 Å². The highest BCUT2D eigenvalue weighted by Gasteiger charge is 2.16. The molecule has 0 fully saturated rings. The van der Waals surface area contributed by atoms with Crippen LogP contribution in [0, 0.1) is 0 Å². The number of phenolic OH excluding ortho intramolecular Hbond substituents is 1. The fraction of sp³-hybridized carbons (Fsp3) is 0.286. The molecule has 7 nitrogen and oxygen atoms in total. The highest BCUT2D eigenvalue weighted by Crippen LogP contribution is 2.31. The van der Waals surface area contributed by atoms with Crippen molar-refractivity contribution in [3.63, 3.8) is 0 Å². The number of esters is 1. The van der Waals surface area contributed by atoms with E-state index in [0.717, 1.165) is 0 Å². The number of carbonyl (C=O) groups excluding carboxylic acids is 1. The minimum Gasteiger partial charge on any atom is -0.507 e. The van der Waals surface area contributed by atoms with Gasteiger partial charge in [-0.15, -0.1) is 10.2 Å². The number of hydrogen-bond acceptors (Lipinski definition) is 7. The monoisotopic (exact) mass is 289 g/mol. The summed E-state index contributed by atoms with van der Waals surface area (Å²) in [5.41, 5.74) is 0.994. The van der Waals surface area contributed by atoms with Gasteiger partial charge < -0.3 is 14.6 Å². The summed E-state index contributed by atoms with van der Waals surface area (Å²) in [6.45, 7) is 3.59. The number of rotatable bonds is 5. The van der Waals surface area contributed by atoms with Gasteiger partial charge in [-0.3, -0.25) is 0 Å². The van der Waals surface area contributed by atoms with E-state index in [4.69, 9.17) is 9.47 Å². The predicted octanol–water partition coefficient (Wildman–Crippen LogP) is 1.57. The molecule has 110 valence electrons. The number of benzene rings is 1. The lowest BCUT2D eigenvalue weighted by Crippen LogP contribution is -2.26. The van der Waals surface area contributed by atoms with Crippen LogP contribution in [0.15, 0.2) is 30.5 Å². The molecule has 7 heteroatoms. The van der Waals surface area contributed by atoms with Crippen LogP contribution in [0.3, 0.4) is 0 Å². The van der Waals surface area contributed by atoms with E-state index in [-0.39, 0.29) is 12.4 Å². The van der Waals surface area contributed by atoms with E-state index < -0.39 is 12.1 Å². The summed E-state index contributed by atoms with van der Waals surface area (Å²) in [4.78, 5) is 11.5. The highest BCUT2D eigenvalue weighted by molar-refractivity contribution is 5.74. The molecule has 21 heavy (non-hydrogen) atoms. The Hall–Kier alpha value is -2.70. The number of aromatic hydroxyl groups is 1. The largest absolute Gasteiger partial charge is 0.507 e. The van der Waals surface area contributed by atoms with Crippen molar-refractivity contribution in [1.82, 2.24) is 15.4 Å². The van der Waals surface area contributed by atoms with Gasteiger partial charge in [0, 0.05) is 11.6 Å². The van der Waals surface area contributed by atoms with Crippen molar-refractivity contribution in [2.45, 2.75) is 20.0 Å². The van der Waals surface area contributed by atoms with Gasteiger partial charge in [0.2, 0.25) is 0 Å². The molecule has 2 rings (SSSR count). The molecule has 1 unspecified atom stereocenters. The zero-order valence-electron chi connectivity index (χ0n) is 11.7. The summed E-state index contributed by atoms with van der Waals surface area (Å²) in [6, 6.07) is 6.30. The lowest BCUT2D eigenvalue weighted by molar-refractivity contribution is -0.150. The third-order valence-electron chi connectivity index (χ3n) is 2.68. The number of nitrogens with zero attached hydrogens (tertiary/aromatic N) is 3. The number of ether oxygens (including phenoxy) is 2. The molecule has 0 bridgehead atoms. The molecule has 2 aromatic rings. The Morgan fingerprint density at radius 2 is 2.19 bits per heavy atom. The highest BCUT2D eigenvalue weighted by atomic mass is 16.6. The van der Waals surface area contributed by atoms with Gasteiger partial charge in [0.1, 0.15) is 11.5 Å². The molecule has 1 heterocycles. The predicted molar refractivity (Wildman–Crippen MR) is 73.7 cm³/mol. The van der Waals surface area contributed by atoms with Gasteiger partial charge in [0.05, 0.1) is 18.5 Å². The molecule has 1 N–H and O–H groups in total. The summed E-state index contributed by atoms with van der Waals surface area (Å²) in [5.74, 6) is -0.121. The quantitative estimate of drug-likeness (QED) is 0.835. The smallest absolute Gasteiger partial charge is 0.347 e. The van der Waals surface area contributed by atoms with Gasteiger partial charge in [-0.2, -0.15) is 0 Å². The maximum atomic E-state index is 11.5. The molecule has 0 saturated carbocycles. The van der Waals surface area contributed by atoms with Gasteiger partial charge in [0.15, 0.2) is 6.10 Å². The summed E-state index contributed by atoms with van der Waals surface area (Å²) in [6.07, 6.45) is 0.727. The summed E-state index contributed by atoms with van der Waals surface area (Å²) in [7, 11) is 0. The first-order valence-corrected chi connectivity index (χ1v) is 6.43. The lowest BCUT2D eigenvalue weighted by atomic mass is 10.1. The van der Waals surface area contributed by atoms with Crippen LogP contribution in [0.1, 0.15) is 13.8 Å². The second-order valence-electron chi connectivity index (χ2n) is 4.20. The average molecular weight is 289 g/mol. The van der Waals surface area contributed by atoms with Crippen molar-refractivity contribution in [2.75, 3.05) is 6.61 Å². The Morgan fingerprint density at radius 1 is 1.38 bits per heavy atom. The lowest BCUT2D eigenvalue weighted by Gasteiger charge is -2.14. The van der Waals surface area contributed by atoms with Crippen LogP contribution in [0.4, 0.5) is 0 Å². The van der Waals surface area contributed by atoms with Gasteiger partial charge in [-0.05, 0) is 37.3 Å². The Labute approximate surface area is 121 Å². The Bertz CT molecular complexity index is 619. The minimum absolute atomic E-state index is 0.0240. The van der Waals surface area contributed by atoms with E-state index in [1.165, 1.54) is 12.3 Å². The Balaban J connectivity index is 2.14. The van der Waals surface area contributed by atoms with E-state index in [1.54, 1.807) is 32.0 Å². The molecular weight excluding hydrogens is 274 g/mol. The molecule has 0 aliphatic rings. The van der Waals surface area contributed by atoms with Crippen LogP contribution in [-0.2, 0) is 9.53 Å². The number of carbonyl (C=O) groups is 1. The molecule has 1 aromatic carbocycles. The summed E-state index contributed by atoms with van der Waals surface area (Å²) < 4.78 is 10.3. The van der Waals surface area contributed by atoms with Gasteiger partial charge in [-0.25, -0.2) is 4.79 Å². The van der Waals surface area contributed by atoms with E-state index in [9.17, 15) is 9.90 Å². The van der Waals surface area contributed by atoms with Crippen LogP contribution >= 0.6 is 0 Å². The van der Waals surface area contributed by atoms with Crippen molar-refractivity contribution in [3.05, 3.63) is 30.5 Å². The van der Waals surface area contributed by atoms with E-state index >= 15 is 0 Å². The first-order chi connectivity index (χ1) is 10.1. The SMILES string of the molecule is CCOC(=O)C(C)Oc1ccc(-c2ccnnn2)c(O)c1. The van der Waals surface area contributed by atoms with E-state index in [1.807, 2.05) is 0 Å². The number of phenols is 1. The number of hydrogen-bond donors (Lipinski definition) is 1. The summed E-state index contributed by atoms with van der Waals surface area (Å²) >= 11 is 0. The zero-order chi connectivity index (χ0) is 15.2. The number of aromatic nitrogens is 3. The third-order valence-corrected chi connectivity index (χ3v) is 2.68. The second-order valence-corrected chi connectivity index (χ2v) is 4.20. The normalized spacial score (nSPS) is 11.7. The molecule has 0 radical (unpaired) electrons. The van der Waals surface area contributed by atoms with Crippen LogP contribution in [0.5, 0.6) is 11.5 Å². The van der Waals surface area contributed by atoms with Gasteiger partial charge >= 0.3 is 5.97 Å². The maximum Gasteiger partial charge on any atom is 0.347 e. The first kappa shape index (κ1) is 14.7. The third kappa shape index (κ3) is 3.65. The average Bonchev–Trinajstić information content (AvgIpc) is 2.48. The van der Waals surface area contributed by atoms with Crippen molar-refractivity contribution in [1.29, 1.82) is 0 Å². The molecule has 0 amide bonds. The van der Waals surface area contributed by atoms with E-state index in [2.05, 4.69) is 15.4 Å². The minimum atomic E-state index is -0.754. The molecule has 1 atom stereocenters. The molecular formula is C14H15N3O4. The molecule has 1 aromatic heterocycles. The van der Waals surface area contributed by atoms with Crippen molar-refractivity contribution >= 4 is 5.97 Å². The first-order valence-electron chi connectivity index (χ1n) is 6.43. The van der Waals surface area contributed by atoms with Crippen LogP contribution in [-0.4, -0.2) is 39.2 Å². The second kappa shape index (κ2) is 6.65. The Kier molecular flexibility index (Phi) is 4.65. The molecule has 0 saturated heterocycles. The fourth-order valence-corrected chi connectivity index (χ4v) is 1.70. The molecule has 0 spiro atoms. The summed E-state index contributed by atoms with van der Waals surface area (Å²) in [5, 5.41) is 20.9. The van der Waals surface area contributed by atoms with Crippen molar-refractivity contribution in [3.8, 4) is 22.8 Å². The topological polar surface area (TPSA) is 94.4 Å². The van der Waals surface area contributed by atoms with Crippen LogP contribution in [0.25, 0.3) is 11.3 Å². The zero-order valence-corrected chi connectivity index (χ0v) is 11.7. The van der Waals surface area contributed by atoms with E-state index in [0.29, 0.717) is 17.0 Å². The van der Waals surface area contributed by atoms with Crippen LogP contribution in [0.2, 0.25) is 0 Å². The molecule has 0 aliphatic heterocycles. The maximum absolute atomic E-state index is 11.5.